The van der Waals surface area contributed by atoms with Gasteiger partial charge in [-0.25, -0.2) is 0 Å². The Morgan fingerprint density at radius 2 is 2.41 bits per heavy atom. The van der Waals surface area contributed by atoms with Crippen molar-refractivity contribution in [2.45, 2.75) is 43.2 Å². The number of rotatable bonds is 1. The first-order valence-corrected chi connectivity index (χ1v) is 7.93. The molecular weight excluding hydrogens is 278 g/mol. The smallest absolute Gasteiger partial charge is 0.174 e. The quantitative estimate of drug-likeness (QED) is 0.794. The molecule has 0 amide bonds. The number of likely N-dealkylation sites (tertiary alicyclic amines) is 1. The molecule has 4 aliphatic rings. The van der Waals surface area contributed by atoms with E-state index in [1.165, 1.54) is 7.11 Å². The molecule has 2 bridgehead atoms. The van der Waals surface area contributed by atoms with Gasteiger partial charge in [-0.2, -0.15) is 0 Å². The number of piperidine rings is 1. The van der Waals surface area contributed by atoms with Gasteiger partial charge in [-0.15, -0.1) is 0 Å². The second-order valence-corrected chi connectivity index (χ2v) is 6.81. The van der Waals surface area contributed by atoms with Crippen LogP contribution in [-0.2, 0) is 16.6 Å². The first-order valence-electron chi connectivity index (χ1n) is 9.43. The molecular formula is C18H21NO3. The Morgan fingerprint density at radius 3 is 3.23 bits per heavy atom. The van der Waals surface area contributed by atoms with E-state index in [9.17, 15) is 4.79 Å². The van der Waals surface area contributed by atoms with Crippen LogP contribution in [0.4, 0.5) is 0 Å². The molecule has 5 rings (SSSR count). The Balaban J connectivity index is 1.92. The summed E-state index contributed by atoms with van der Waals surface area (Å²) in [6, 6.07) is 3.11. The summed E-state index contributed by atoms with van der Waals surface area (Å²) in [5, 5.41) is 0. The Morgan fingerprint density at radius 1 is 1.55 bits per heavy atom. The highest BCUT2D eigenvalue weighted by atomic mass is 16.5. The van der Waals surface area contributed by atoms with E-state index in [-0.39, 0.29) is 24.2 Å². The van der Waals surface area contributed by atoms with Gasteiger partial charge in [-0.05, 0) is 50.4 Å². The zero-order valence-electron chi connectivity index (χ0n) is 15.8. The molecule has 2 fully saturated rings. The lowest BCUT2D eigenvalue weighted by Crippen LogP contribution is -2.65. The molecule has 1 saturated carbocycles. The molecule has 2 aliphatic carbocycles. The first kappa shape index (κ1) is 10.3. The lowest BCUT2D eigenvalue weighted by Gasteiger charge is -2.57. The molecule has 4 heteroatoms. The van der Waals surface area contributed by atoms with Gasteiger partial charge >= 0.3 is 0 Å². The van der Waals surface area contributed by atoms with Crippen LogP contribution in [0.15, 0.2) is 12.1 Å². The van der Waals surface area contributed by atoms with Crippen LogP contribution in [0.2, 0.25) is 0 Å². The molecule has 2 heterocycles. The molecule has 4 atom stereocenters. The van der Waals surface area contributed by atoms with E-state index in [0.29, 0.717) is 42.0 Å². The summed E-state index contributed by atoms with van der Waals surface area (Å²) < 4.78 is 38.3. The SMILES string of the molecule is [2H]C1([2H])c2ccc(OC)c3c2[C@]24CCN(C)[C@H]1[C@@H]2CCC(=O)C4([2H])O3. The van der Waals surface area contributed by atoms with Crippen LogP contribution in [0.5, 0.6) is 11.5 Å². The maximum absolute atomic E-state index is 12.8. The third-order valence-corrected chi connectivity index (χ3v) is 5.98. The number of Topliss-reactive ketones (excluding diaryl/α,β-unsaturated/α-hetero) is 1. The van der Waals surface area contributed by atoms with Crippen molar-refractivity contribution in [3.63, 3.8) is 0 Å². The molecule has 116 valence electrons. The average molecular weight is 302 g/mol. The lowest BCUT2D eigenvalue weighted by molar-refractivity contribution is -0.138. The molecule has 2 aliphatic heterocycles. The van der Waals surface area contributed by atoms with Crippen LogP contribution in [-0.4, -0.2) is 43.5 Å². The van der Waals surface area contributed by atoms with Gasteiger partial charge in [-0.3, -0.25) is 4.79 Å². The zero-order chi connectivity index (χ0) is 17.8. The Bertz CT molecular complexity index is 813. The molecule has 1 aromatic rings. The van der Waals surface area contributed by atoms with Crippen LogP contribution in [0.1, 0.15) is 34.5 Å². The van der Waals surface area contributed by atoms with E-state index in [1.807, 2.05) is 7.05 Å². The van der Waals surface area contributed by atoms with Crippen molar-refractivity contribution < 1.29 is 18.4 Å². The van der Waals surface area contributed by atoms with Crippen molar-refractivity contribution in [1.82, 2.24) is 4.90 Å². The number of carbonyl (C=O) groups excluding carboxylic acids is 1. The molecule has 4 nitrogen and oxygen atoms in total. The summed E-state index contributed by atoms with van der Waals surface area (Å²) in [6.07, 6.45) is -1.73. The van der Waals surface area contributed by atoms with Crippen LogP contribution in [0, 0.1) is 5.92 Å². The van der Waals surface area contributed by atoms with Crippen molar-refractivity contribution in [1.29, 1.82) is 0 Å². The molecule has 0 radical (unpaired) electrons. The van der Waals surface area contributed by atoms with E-state index in [1.54, 1.807) is 12.1 Å². The molecule has 1 spiro atoms. The van der Waals surface area contributed by atoms with E-state index in [0.717, 1.165) is 0 Å². The summed E-state index contributed by atoms with van der Waals surface area (Å²) in [5.74, 6) is 0.576. The fraction of sp³-hybridized carbons (Fsp3) is 0.611. The number of nitrogens with zero attached hydrogens (tertiary/aromatic N) is 1. The number of likely N-dealkylation sites (N-methyl/N-ethyl adjacent to an activating group) is 1. The van der Waals surface area contributed by atoms with Crippen molar-refractivity contribution in [2.24, 2.45) is 5.92 Å². The van der Waals surface area contributed by atoms with E-state index in [4.69, 9.17) is 13.6 Å². The molecule has 1 aromatic carbocycles. The number of ketones is 1. The Hall–Kier alpha value is -1.55. The van der Waals surface area contributed by atoms with Gasteiger partial charge in [0.1, 0.15) is 0 Å². The van der Waals surface area contributed by atoms with Gasteiger partial charge < -0.3 is 14.4 Å². The highest BCUT2D eigenvalue weighted by Crippen LogP contribution is 2.62. The van der Waals surface area contributed by atoms with Crippen LogP contribution >= 0.6 is 0 Å². The van der Waals surface area contributed by atoms with E-state index < -0.39 is 17.9 Å². The van der Waals surface area contributed by atoms with Crippen LogP contribution in [0.25, 0.3) is 0 Å². The number of ether oxygens (including phenoxy) is 2. The third-order valence-electron chi connectivity index (χ3n) is 5.98. The van der Waals surface area contributed by atoms with E-state index in [2.05, 4.69) is 4.90 Å². The van der Waals surface area contributed by atoms with Crippen LogP contribution in [0.3, 0.4) is 0 Å². The molecule has 22 heavy (non-hydrogen) atoms. The van der Waals surface area contributed by atoms with Crippen molar-refractivity contribution in [3.8, 4) is 11.5 Å². The van der Waals surface area contributed by atoms with E-state index >= 15 is 0 Å². The predicted octanol–water partition coefficient (Wildman–Crippen LogP) is 1.93. The van der Waals surface area contributed by atoms with Crippen molar-refractivity contribution in [2.75, 3.05) is 20.7 Å². The third kappa shape index (κ3) is 1.27. The summed E-state index contributed by atoms with van der Waals surface area (Å²) >= 11 is 0. The Kier molecular flexibility index (Phi) is 1.89. The maximum Gasteiger partial charge on any atom is 0.174 e. The standard InChI is InChI=1S/C18H21NO3/c1-19-8-7-18-11-4-5-13(20)17(18)22-16-14(21-2)6-3-10(15(16)18)9-12(11)19/h3,6,11-12,17H,4-5,7-9H2,1-2H3/t11-,12+,17?,18-/m0/s1/i9D2,17D. The minimum Gasteiger partial charge on any atom is -0.493 e. The highest BCUT2D eigenvalue weighted by Gasteiger charge is 2.65. The van der Waals surface area contributed by atoms with Gasteiger partial charge in [0.05, 0.1) is 8.48 Å². The minimum atomic E-state index is -1.67. The number of hydrogen-bond donors (Lipinski definition) is 0. The molecule has 0 aromatic heterocycles. The topological polar surface area (TPSA) is 38.8 Å². The van der Waals surface area contributed by atoms with Gasteiger partial charge in [0.15, 0.2) is 23.4 Å². The fourth-order valence-electron chi connectivity index (χ4n) is 5.02. The summed E-state index contributed by atoms with van der Waals surface area (Å²) in [4.78, 5) is 14.9. The van der Waals surface area contributed by atoms with Crippen molar-refractivity contribution >= 4 is 5.78 Å². The maximum atomic E-state index is 12.8. The zero-order valence-corrected chi connectivity index (χ0v) is 12.8. The lowest BCUT2D eigenvalue weighted by atomic mass is 9.52. The van der Waals surface area contributed by atoms with Gasteiger partial charge in [0, 0.05) is 26.2 Å². The van der Waals surface area contributed by atoms with Gasteiger partial charge in [0.2, 0.25) is 0 Å². The number of benzene rings is 1. The van der Waals surface area contributed by atoms with Crippen LogP contribution < -0.4 is 9.47 Å². The average Bonchev–Trinajstić information content (AvgIpc) is 2.84. The monoisotopic (exact) mass is 302 g/mol. The molecule has 0 N–H and O–H groups in total. The molecule has 1 unspecified atom stereocenters. The minimum absolute atomic E-state index is 0.114. The molecule has 1 saturated heterocycles. The second kappa shape index (κ2) is 4.05. The summed E-state index contributed by atoms with van der Waals surface area (Å²) in [7, 11) is 3.48. The summed E-state index contributed by atoms with van der Waals surface area (Å²) in [5.41, 5.74) is 0.499. The fourth-order valence-corrected chi connectivity index (χ4v) is 5.02. The predicted molar refractivity (Wildman–Crippen MR) is 81.6 cm³/mol. The summed E-state index contributed by atoms with van der Waals surface area (Å²) in [6.45, 7) is 0.647. The van der Waals surface area contributed by atoms with Crippen molar-refractivity contribution in [3.05, 3.63) is 23.3 Å². The number of methoxy groups -OCH3 is 1. The van der Waals surface area contributed by atoms with Gasteiger partial charge in [0.25, 0.3) is 0 Å². The highest BCUT2D eigenvalue weighted by molar-refractivity contribution is 5.89. The van der Waals surface area contributed by atoms with Gasteiger partial charge in [-0.1, -0.05) is 6.07 Å². The first-order chi connectivity index (χ1) is 11.8. The Labute approximate surface area is 134 Å². The second-order valence-electron chi connectivity index (χ2n) is 6.81. The number of hydrogen-bond acceptors (Lipinski definition) is 4. The largest absolute Gasteiger partial charge is 0.493 e. The normalized spacial score (nSPS) is 46.1. The number of carbonyl (C=O) groups is 1.